The quantitative estimate of drug-likeness (QED) is 0.890. The predicted octanol–water partition coefficient (Wildman–Crippen LogP) is 2.69. The Bertz CT molecular complexity index is 472. The van der Waals surface area contributed by atoms with Crippen LogP contribution in [0, 0.1) is 12.3 Å². The molecule has 0 radical (unpaired) electrons. The van der Waals surface area contributed by atoms with Crippen molar-refractivity contribution in [2.24, 2.45) is 5.41 Å². The Morgan fingerprint density at radius 1 is 1.37 bits per heavy atom. The number of rotatable bonds is 2. The molecule has 104 valence electrons. The van der Waals surface area contributed by atoms with Gasteiger partial charge in [-0.25, -0.2) is 0 Å². The van der Waals surface area contributed by atoms with Crippen LogP contribution in [0.5, 0.6) is 0 Å². The van der Waals surface area contributed by atoms with E-state index in [1.807, 2.05) is 24.9 Å². The molecule has 1 aliphatic rings. The molecule has 1 saturated heterocycles. The van der Waals surface area contributed by atoms with Gasteiger partial charge < -0.3 is 10.2 Å². The smallest absolute Gasteiger partial charge is 0.257 e. The molecular weight excluding hydrogens is 238 g/mol. The van der Waals surface area contributed by atoms with E-state index in [1.165, 1.54) is 0 Å². The Balaban J connectivity index is 2.16. The summed E-state index contributed by atoms with van der Waals surface area (Å²) in [7, 11) is 1.84. The maximum atomic E-state index is 12.5. The first-order chi connectivity index (χ1) is 8.93. The van der Waals surface area contributed by atoms with Crippen LogP contribution < -0.4 is 5.32 Å². The van der Waals surface area contributed by atoms with E-state index >= 15 is 0 Å². The minimum atomic E-state index is 0.0901. The van der Waals surface area contributed by atoms with Crippen LogP contribution in [0.25, 0.3) is 0 Å². The number of hydrogen-bond acceptors (Lipinski definition) is 3. The number of nitrogens with one attached hydrogen (secondary N) is 1. The molecule has 1 aromatic rings. The van der Waals surface area contributed by atoms with Gasteiger partial charge in [-0.05, 0) is 31.2 Å². The van der Waals surface area contributed by atoms with Gasteiger partial charge in [0.1, 0.15) is 0 Å². The summed E-state index contributed by atoms with van der Waals surface area (Å²) in [6, 6.07) is 1.92. The number of pyridine rings is 1. The first-order valence-electron chi connectivity index (χ1n) is 6.87. The highest BCUT2D eigenvalue weighted by molar-refractivity contribution is 5.99. The highest BCUT2D eigenvalue weighted by atomic mass is 16.2. The Morgan fingerprint density at radius 3 is 2.58 bits per heavy atom. The topological polar surface area (TPSA) is 45.2 Å². The highest BCUT2D eigenvalue weighted by Crippen LogP contribution is 2.30. The Kier molecular flexibility index (Phi) is 3.78. The monoisotopic (exact) mass is 261 g/mol. The lowest BCUT2D eigenvalue weighted by molar-refractivity contribution is 0.0631. The van der Waals surface area contributed by atoms with Crippen LogP contribution in [0.1, 0.15) is 42.7 Å². The van der Waals surface area contributed by atoms with Crippen LogP contribution in [-0.2, 0) is 0 Å². The van der Waals surface area contributed by atoms with E-state index in [0.717, 1.165) is 37.3 Å². The largest absolute Gasteiger partial charge is 0.387 e. The normalized spacial score (nSPS) is 18.2. The average molecular weight is 261 g/mol. The molecule has 0 bridgehead atoms. The van der Waals surface area contributed by atoms with Crippen molar-refractivity contribution in [1.82, 2.24) is 9.88 Å². The van der Waals surface area contributed by atoms with Crippen molar-refractivity contribution >= 4 is 11.6 Å². The number of carbonyl (C=O) groups is 1. The zero-order chi connectivity index (χ0) is 14.0. The van der Waals surface area contributed by atoms with Gasteiger partial charge in [-0.1, -0.05) is 13.8 Å². The lowest BCUT2D eigenvalue weighted by atomic mass is 9.82. The van der Waals surface area contributed by atoms with Crippen molar-refractivity contribution in [2.75, 3.05) is 25.5 Å². The molecule has 4 heteroatoms. The fourth-order valence-corrected chi connectivity index (χ4v) is 2.42. The summed E-state index contributed by atoms with van der Waals surface area (Å²) >= 11 is 0. The van der Waals surface area contributed by atoms with Crippen molar-refractivity contribution < 1.29 is 4.79 Å². The Hall–Kier alpha value is -1.58. The number of anilines is 1. The first-order valence-corrected chi connectivity index (χ1v) is 6.87. The van der Waals surface area contributed by atoms with Crippen molar-refractivity contribution in [3.05, 3.63) is 23.5 Å². The van der Waals surface area contributed by atoms with Crippen molar-refractivity contribution in [1.29, 1.82) is 0 Å². The molecule has 0 spiro atoms. The lowest BCUT2D eigenvalue weighted by Crippen LogP contribution is -2.41. The average Bonchev–Trinajstić information content (AvgIpc) is 2.37. The second kappa shape index (κ2) is 5.19. The van der Waals surface area contributed by atoms with Crippen LogP contribution in [0.4, 0.5) is 5.69 Å². The standard InChI is InChI=1S/C15H23N3O/c1-11-9-13(16-4)12(10-17-11)14(19)18-7-5-15(2,3)6-8-18/h9-10H,5-8H2,1-4H3,(H,16,17). The van der Waals surface area contributed by atoms with Crippen LogP contribution in [-0.4, -0.2) is 35.9 Å². The molecule has 2 rings (SSSR count). The van der Waals surface area contributed by atoms with E-state index in [-0.39, 0.29) is 5.91 Å². The predicted molar refractivity (Wildman–Crippen MR) is 77.4 cm³/mol. The maximum absolute atomic E-state index is 12.5. The summed E-state index contributed by atoms with van der Waals surface area (Å²) < 4.78 is 0. The SMILES string of the molecule is CNc1cc(C)ncc1C(=O)N1CCC(C)(C)CC1. The number of carbonyl (C=O) groups excluding carboxylic acids is 1. The molecular formula is C15H23N3O. The molecule has 1 fully saturated rings. The molecule has 2 heterocycles. The third-order valence-corrected chi connectivity index (χ3v) is 3.94. The number of aromatic nitrogens is 1. The minimum Gasteiger partial charge on any atom is -0.387 e. The van der Waals surface area contributed by atoms with Crippen LogP contribution >= 0.6 is 0 Å². The summed E-state index contributed by atoms with van der Waals surface area (Å²) in [5.74, 6) is 0.0901. The van der Waals surface area contributed by atoms with Gasteiger partial charge in [0.25, 0.3) is 5.91 Å². The van der Waals surface area contributed by atoms with Crippen molar-refractivity contribution in [3.8, 4) is 0 Å². The molecule has 0 aromatic carbocycles. The molecule has 0 unspecified atom stereocenters. The van der Waals surface area contributed by atoms with Crippen LogP contribution in [0.3, 0.4) is 0 Å². The number of amides is 1. The molecule has 19 heavy (non-hydrogen) atoms. The van der Waals surface area contributed by atoms with Gasteiger partial charge >= 0.3 is 0 Å². The molecule has 0 saturated carbocycles. The van der Waals surface area contributed by atoms with Gasteiger partial charge in [0.05, 0.1) is 11.3 Å². The summed E-state index contributed by atoms with van der Waals surface area (Å²) in [6.45, 7) is 8.13. The summed E-state index contributed by atoms with van der Waals surface area (Å²) in [4.78, 5) is 18.7. The number of nitrogens with zero attached hydrogens (tertiary/aromatic N) is 2. The van der Waals surface area contributed by atoms with Gasteiger partial charge in [-0.3, -0.25) is 9.78 Å². The summed E-state index contributed by atoms with van der Waals surface area (Å²) in [6.07, 6.45) is 3.81. The molecule has 0 aliphatic carbocycles. The second-order valence-electron chi connectivity index (χ2n) is 6.08. The molecule has 0 atom stereocenters. The summed E-state index contributed by atoms with van der Waals surface area (Å²) in [5.41, 5.74) is 2.81. The van der Waals surface area contributed by atoms with Crippen molar-refractivity contribution in [3.63, 3.8) is 0 Å². The van der Waals surface area contributed by atoms with Gasteiger partial charge in [0.2, 0.25) is 0 Å². The van der Waals surface area contributed by atoms with Crippen LogP contribution in [0.2, 0.25) is 0 Å². The summed E-state index contributed by atoms with van der Waals surface area (Å²) in [5, 5.41) is 3.09. The third-order valence-electron chi connectivity index (χ3n) is 3.94. The Morgan fingerprint density at radius 2 is 2.00 bits per heavy atom. The molecule has 1 aliphatic heterocycles. The maximum Gasteiger partial charge on any atom is 0.257 e. The highest BCUT2D eigenvalue weighted by Gasteiger charge is 2.29. The number of aryl methyl sites for hydroxylation is 1. The van der Waals surface area contributed by atoms with E-state index in [4.69, 9.17) is 0 Å². The molecule has 4 nitrogen and oxygen atoms in total. The molecule has 1 amide bonds. The van der Waals surface area contributed by atoms with E-state index < -0.39 is 0 Å². The zero-order valence-electron chi connectivity index (χ0n) is 12.3. The fraction of sp³-hybridized carbons (Fsp3) is 0.600. The van der Waals surface area contributed by atoms with Crippen LogP contribution in [0.15, 0.2) is 12.3 Å². The molecule has 1 N–H and O–H groups in total. The van der Waals surface area contributed by atoms with Gasteiger partial charge in [-0.15, -0.1) is 0 Å². The molecule has 1 aromatic heterocycles. The van der Waals surface area contributed by atoms with E-state index in [0.29, 0.717) is 11.0 Å². The first kappa shape index (κ1) is 13.8. The third kappa shape index (κ3) is 3.06. The van der Waals surface area contributed by atoms with Gasteiger partial charge in [0.15, 0.2) is 0 Å². The zero-order valence-corrected chi connectivity index (χ0v) is 12.3. The number of hydrogen-bond donors (Lipinski definition) is 1. The van der Waals surface area contributed by atoms with Crippen molar-refractivity contribution in [2.45, 2.75) is 33.6 Å². The number of likely N-dealkylation sites (tertiary alicyclic amines) is 1. The van der Waals surface area contributed by atoms with Gasteiger partial charge in [-0.2, -0.15) is 0 Å². The second-order valence-corrected chi connectivity index (χ2v) is 6.08. The lowest BCUT2D eigenvalue weighted by Gasteiger charge is -2.37. The van der Waals surface area contributed by atoms with E-state index in [9.17, 15) is 4.79 Å². The fourth-order valence-electron chi connectivity index (χ4n) is 2.42. The van der Waals surface area contributed by atoms with E-state index in [2.05, 4.69) is 24.1 Å². The minimum absolute atomic E-state index is 0.0901. The van der Waals surface area contributed by atoms with Gasteiger partial charge in [0, 0.05) is 32.0 Å². The number of piperidine rings is 1. The van der Waals surface area contributed by atoms with E-state index in [1.54, 1.807) is 6.20 Å². The Labute approximate surface area is 115 Å².